The number of aliphatic carboxylic acids is 1. The summed E-state index contributed by atoms with van der Waals surface area (Å²) in [5.41, 5.74) is 4.71. The summed E-state index contributed by atoms with van der Waals surface area (Å²) < 4.78 is 5.64. The second-order valence-electron chi connectivity index (χ2n) is 8.94. The molecule has 1 aliphatic rings. The molecule has 2 aromatic carbocycles. The highest BCUT2D eigenvalue weighted by Crippen LogP contribution is 2.44. The SMILES string of the molecule is CCC(CCC(=O)N(CC)CCCCC(=O)O)NC(=O)OCC1c2ccccc2-c2ccccc21. The smallest absolute Gasteiger partial charge is 0.407 e. The van der Waals surface area contributed by atoms with Gasteiger partial charge in [0.15, 0.2) is 0 Å². The summed E-state index contributed by atoms with van der Waals surface area (Å²) in [7, 11) is 0. The number of rotatable bonds is 13. The molecule has 3 rings (SSSR count). The Morgan fingerprint density at radius 3 is 2.17 bits per heavy atom. The minimum absolute atomic E-state index is 0.00837. The van der Waals surface area contributed by atoms with Crippen molar-refractivity contribution >= 4 is 18.0 Å². The van der Waals surface area contributed by atoms with Crippen LogP contribution in [0.1, 0.15) is 69.4 Å². The third-order valence-electron chi connectivity index (χ3n) is 6.67. The summed E-state index contributed by atoms with van der Waals surface area (Å²) in [5, 5.41) is 11.7. The number of unbranched alkanes of at least 4 members (excludes halogenated alkanes) is 1. The van der Waals surface area contributed by atoms with Gasteiger partial charge in [0.2, 0.25) is 5.91 Å². The molecule has 0 fully saturated rings. The molecule has 0 saturated carbocycles. The van der Waals surface area contributed by atoms with Crippen LogP contribution in [0, 0.1) is 0 Å². The van der Waals surface area contributed by atoms with Gasteiger partial charge in [-0.2, -0.15) is 0 Å². The Hall–Kier alpha value is -3.35. The van der Waals surface area contributed by atoms with E-state index in [1.54, 1.807) is 4.90 Å². The van der Waals surface area contributed by atoms with Gasteiger partial charge in [0.1, 0.15) is 6.61 Å². The minimum Gasteiger partial charge on any atom is -0.481 e. The van der Waals surface area contributed by atoms with E-state index in [0.29, 0.717) is 45.2 Å². The first-order valence-electron chi connectivity index (χ1n) is 12.6. The third kappa shape index (κ3) is 7.07. The Bertz CT molecular complexity index is 976. The maximum absolute atomic E-state index is 12.6. The number of carboxylic acid groups (broad SMARTS) is 1. The van der Waals surface area contributed by atoms with Gasteiger partial charge in [0.05, 0.1) is 0 Å². The summed E-state index contributed by atoms with van der Waals surface area (Å²) in [4.78, 5) is 37.6. The van der Waals surface area contributed by atoms with Crippen LogP contribution in [-0.4, -0.2) is 53.7 Å². The van der Waals surface area contributed by atoms with Crippen LogP contribution < -0.4 is 5.32 Å². The number of carboxylic acids is 1. The van der Waals surface area contributed by atoms with Gasteiger partial charge in [0, 0.05) is 37.9 Å². The molecular weight excluding hydrogens is 444 g/mol. The van der Waals surface area contributed by atoms with Gasteiger partial charge in [-0.05, 0) is 54.9 Å². The van der Waals surface area contributed by atoms with E-state index in [1.165, 1.54) is 22.3 Å². The van der Waals surface area contributed by atoms with E-state index in [0.717, 1.165) is 0 Å². The van der Waals surface area contributed by atoms with Gasteiger partial charge in [-0.1, -0.05) is 55.5 Å². The molecule has 0 aliphatic heterocycles. The van der Waals surface area contributed by atoms with Crippen LogP contribution in [0.4, 0.5) is 4.79 Å². The molecule has 1 aliphatic carbocycles. The van der Waals surface area contributed by atoms with Crippen LogP contribution >= 0.6 is 0 Å². The van der Waals surface area contributed by atoms with E-state index in [-0.39, 0.29) is 30.9 Å². The summed E-state index contributed by atoms with van der Waals surface area (Å²) in [5.74, 6) is -0.783. The molecule has 0 radical (unpaired) electrons. The van der Waals surface area contributed by atoms with Crippen LogP contribution in [0.2, 0.25) is 0 Å². The van der Waals surface area contributed by atoms with Crippen molar-refractivity contribution in [3.63, 3.8) is 0 Å². The van der Waals surface area contributed by atoms with E-state index < -0.39 is 12.1 Å². The number of carbonyl (C=O) groups excluding carboxylic acids is 2. The highest BCUT2D eigenvalue weighted by atomic mass is 16.5. The number of ether oxygens (including phenoxy) is 1. The van der Waals surface area contributed by atoms with Crippen molar-refractivity contribution in [1.82, 2.24) is 10.2 Å². The first-order valence-corrected chi connectivity index (χ1v) is 12.6. The molecule has 0 saturated heterocycles. The highest BCUT2D eigenvalue weighted by Gasteiger charge is 2.29. The Kier molecular flexibility index (Phi) is 9.70. The largest absolute Gasteiger partial charge is 0.481 e. The Morgan fingerprint density at radius 1 is 0.971 bits per heavy atom. The number of hydrogen-bond donors (Lipinski definition) is 2. The summed E-state index contributed by atoms with van der Waals surface area (Å²) in [6.07, 6.45) is 2.43. The second kappa shape index (κ2) is 12.9. The van der Waals surface area contributed by atoms with Crippen molar-refractivity contribution in [2.45, 2.75) is 64.3 Å². The zero-order chi connectivity index (χ0) is 25.2. The number of benzene rings is 2. The molecule has 0 heterocycles. The van der Waals surface area contributed by atoms with E-state index in [1.807, 2.05) is 38.1 Å². The van der Waals surface area contributed by atoms with Gasteiger partial charge in [-0.15, -0.1) is 0 Å². The number of hydrogen-bond acceptors (Lipinski definition) is 4. The zero-order valence-corrected chi connectivity index (χ0v) is 20.7. The number of nitrogens with one attached hydrogen (secondary N) is 1. The van der Waals surface area contributed by atoms with Crippen LogP contribution in [0.15, 0.2) is 48.5 Å². The molecule has 188 valence electrons. The van der Waals surface area contributed by atoms with Crippen molar-refractivity contribution in [2.75, 3.05) is 19.7 Å². The van der Waals surface area contributed by atoms with Crippen molar-refractivity contribution in [1.29, 1.82) is 0 Å². The van der Waals surface area contributed by atoms with Gasteiger partial charge < -0.3 is 20.1 Å². The molecule has 2 amide bonds. The van der Waals surface area contributed by atoms with Gasteiger partial charge >= 0.3 is 12.1 Å². The highest BCUT2D eigenvalue weighted by molar-refractivity contribution is 5.79. The van der Waals surface area contributed by atoms with Gasteiger partial charge in [-0.3, -0.25) is 9.59 Å². The Labute approximate surface area is 207 Å². The Morgan fingerprint density at radius 2 is 1.60 bits per heavy atom. The van der Waals surface area contributed by atoms with Crippen LogP contribution in [0.25, 0.3) is 11.1 Å². The fourth-order valence-corrected chi connectivity index (χ4v) is 4.68. The topological polar surface area (TPSA) is 95.9 Å². The lowest BCUT2D eigenvalue weighted by Crippen LogP contribution is -2.37. The molecular formula is C28H36N2O5. The average molecular weight is 481 g/mol. The number of fused-ring (bicyclic) bond motifs is 3. The number of amides is 2. The van der Waals surface area contributed by atoms with Crippen molar-refractivity contribution < 1.29 is 24.2 Å². The number of carbonyl (C=O) groups is 3. The zero-order valence-electron chi connectivity index (χ0n) is 20.7. The second-order valence-corrected chi connectivity index (χ2v) is 8.94. The van der Waals surface area contributed by atoms with Crippen molar-refractivity contribution in [3.05, 3.63) is 59.7 Å². The van der Waals surface area contributed by atoms with E-state index >= 15 is 0 Å². The average Bonchev–Trinajstić information content (AvgIpc) is 3.18. The summed E-state index contributed by atoms with van der Waals surface area (Å²) >= 11 is 0. The van der Waals surface area contributed by atoms with Crippen LogP contribution in [-0.2, 0) is 14.3 Å². The van der Waals surface area contributed by atoms with Crippen molar-refractivity contribution in [3.8, 4) is 11.1 Å². The molecule has 1 unspecified atom stereocenters. The minimum atomic E-state index is -0.815. The molecule has 7 heteroatoms. The maximum Gasteiger partial charge on any atom is 0.407 e. The molecule has 35 heavy (non-hydrogen) atoms. The van der Waals surface area contributed by atoms with E-state index in [9.17, 15) is 14.4 Å². The summed E-state index contributed by atoms with van der Waals surface area (Å²) in [6.45, 7) is 5.29. The first-order chi connectivity index (χ1) is 16.9. The lowest BCUT2D eigenvalue weighted by Gasteiger charge is -2.23. The van der Waals surface area contributed by atoms with Crippen LogP contribution in [0.5, 0.6) is 0 Å². The molecule has 2 N–H and O–H groups in total. The standard InChI is InChI=1S/C28H36N2O5/c1-3-20(16-17-26(31)30(4-2)18-10-9-15-27(32)33)29-28(34)35-19-25-23-13-7-5-11-21(23)22-12-6-8-14-24(22)25/h5-8,11-14,20,25H,3-4,9-10,15-19H2,1-2H3,(H,29,34)(H,32,33). The van der Waals surface area contributed by atoms with Crippen LogP contribution in [0.3, 0.4) is 0 Å². The van der Waals surface area contributed by atoms with Gasteiger partial charge in [0.25, 0.3) is 0 Å². The van der Waals surface area contributed by atoms with Gasteiger partial charge in [-0.25, -0.2) is 4.79 Å². The lowest BCUT2D eigenvalue weighted by atomic mass is 9.98. The number of nitrogens with zero attached hydrogens (tertiary/aromatic N) is 1. The quantitative estimate of drug-likeness (QED) is 0.385. The fourth-order valence-electron chi connectivity index (χ4n) is 4.68. The molecule has 2 aromatic rings. The molecule has 1 atom stereocenters. The predicted molar refractivity (Wildman–Crippen MR) is 135 cm³/mol. The molecule has 0 bridgehead atoms. The Balaban J connectivity index is 1.47. The molecule has 0 spiro atoms. The third-order valence-corrected chi connectivity index (χ3v) is 6.67. The summed E-state index contributed by atoms with van der Waals surface area (Å²) in [6, 6.07) is 16.3. The fraction of sp³-hybridized carbons (Fsp3) is 0.464. The number of alkyl carbamates (subject to hydrolysis) is 1. The van der Waals surface area contributed by atoms with E-state index in [2.05, 4.69) is 29.6 Å². The van der Waals surface area contributed by atoms with Crippen molar-refractivity contribution in [2.24, 2.45) is 0 Å². The first kappa shape index (κ1) is 26.3. The lowest BCUT2D eigenvalue weighted by molar-refractivity contribution is -0.137. The normalized spacial score (nSPS) is 13.0. The molecule has 7 nitrogen and oxygen atoms in total. The maximum atomic E-state index is 12.6. The monoisotopic (exact) mass is 480 g/mol. The predicted octanol–water partition coefficient (Wildman–Crippen LogP) is 5.19. The van der Waals surface area contributed by atoms with E-state index in [4.69, 9.17) is 9.84 Å². The molecule has 0 aromatic heterocycles.